The van der Waals surface area contributed by atoms with Gasteiger partial charge in [0.05, 0.1) is 0 Å². The third kappa shape index (κ3) is 4.00. The van der Waals surface area contributed by atoms with Crippen LogP contribution in [0.25, 0.3) is 0 Å². The maximum absolute atomic E-state index is 11.1. The average Bonchev–Trinajstić information content (AvgIpc) is 2.50. The molecule has 0 aromatic heterocycles. The molecule has 5 N–H and O–H groups in total. The van der Waals surface area contributed by atoms with E-state index in [9.17, 15) is 24.9 Å². The maximum Gasteiger partial charge on any atom is 0.243 e. The van der Waals surface area contributed by atoms with Crippen LogP contribution in [0.4, 0.5) is 0 Å². The first-order valence-electron chi connectivity index (χ1n) is 5.96. The van der Waals surface area contributed by atoms with E-state index in [0.29, 0.717) is 0 Å². The molecule has 7 heteroatoms. The van der Waals surface area contributed by atoms with Crippen molar-refractivity contribution in [1.29, 1.82) is 0 Å². The van der Waals surface area contributed by atoms with Crippen LogP contribution in [0.1, 0.15) is 11.1 Å². The molecule has 0 fully saturated rings. The molecular formula is C14H16N2O5. The Labute approximate surface area is 121 Å². The van der Waals surface area contributed by atoms with Crippen molar-refractivity contribution in [3.8, 4) is 17.2 Å². The fourth-order valence-corrected chi connectivity index (χ4v) is 1.54. The highest BCUT2D eigenvalue weighted by Gasteiger charge is 2.17. The third-order valence-corrected chi connectivity index (χ3v) is 2.68. The molecule has 0 spiro atoms. The Morgan fingerprint density at radius 3 is 1.62 bits per heavy atom. The van der Waals surface area contributed by atoms with Gasteiger partial charge >= 0.3 is 0 Å². The minimum atomic E-state index is -0.719. The number of phenolic OH excluding ortho intramolecular Hbond substituents is 3. The molecule has 0 aliphatic heterocycles. The summed E-state index contributed by atoms with van der Waals surface area (Å²) in [6, 6.07) is 1.36. The van der Waals surface area contributed by atoms with Gasteiger partial charge in [0.25, 0.3) is 0 Å². The van der Waals surface area contributed by atoms with Gasteiger partial charge in [-0.15, -0.1) is 0 Å². The van der Waals surface area contributed by atoms with Crippen LogP contribution in [-0.4, -0.2) is 27.1 Å². The molecule has 0 heterocycles. The number of phenols is 3. The lowest BCUT2D eigenvalue weighted by Crippen LogP contribution is -2.21. The largest absolute Gasteiger partial charge is 0.504 e. The Hall–Kier alpha value is -2.96. The van der Waals surface area contributed by atoms with E-state index >= 15 is 0 Å². The van der Waals surface area contributed by atoms with E-state index < -0.39 is 29.1 Å². The van der Waals surface area contributed by atoms with Crippen LogP contribution in [0.2, 0.25) is 0 Å². The summed E-state index contributed by atoms with van der Waals surface area (Å²) in [5.41, 5.74) is 0.367. The number of nitrogens with one attached hydrogen (secondary N) is 2. The summed E-state index contributed by atoms with van der Waals surface area (Å²) in [7, 11) is 0. The normalized spacial score (nSPS) is 9.71. The van der Waals surface area contributed by atoms with Gasteiger partial charge in [-0.25, -0.2) is 0 Å². The maximum atomic E-state index is 11.1. The molecular weight excluding hydrogens is 276 g/mol. The zero-order valence-corrected chi connectivity index (χ0v) is 11.2. The summed E-state index contributed by atoms with van der Waals surface area (Å²) in [6.07, 6.45) is 2.12. The minimum Gasteiger partial charge on any atom is -0.504 e. The SMILES string of the molecule is C=CC(=O)NCc1cc(CNC(=O)C=C)c(O)c(O)c1O. The van der Waals surface area contributed by atoms with Gasteiger partial charge in [0.1, 0.15) is 0 Å². The molecule has 0 aliphatic rings. The molecule has 112 valence electrons. The molecule has 2 amide bonds. The lowest BCUT2D eigenvalue weighted by molar-refractivity contribution is -0.117. The molecule has 0 bridgehead atoms. The molecule has 0 aliphatic carbocycles. The molecule has 0 saturated carbocycles. The van der Waals surface area contributed by atoms with E-state index in [0.717, 1.165) is 12.2 Å². The van der Waals surface area contributed by atoms with Gasteiger partial charge in [0, 0.05) is 24.2 Å². The molecule has 0 atom stereocenters. The third-order valence-electron chi connectivity index (χ3n) is 2.68. The van der Waals surface area contributed by atoms with Crippen molar-refractivity contribution in [2.24, 2.45) is 0 Å². The lowest BCUT2D eigenvalue weighted by Gasteiger charge is -2.13. The Morgan fingerprint density at radius 1 is 0.905 bits per heavy atom. The van der Waals surface area contributed by atoms with E-state index in [1.54, 1.807) is 0 Å². The van der Waals surface area contributed by atoms with Crippen LogP contribution in [0.5, 0.6) is 17.2 Å². The van der Waals surface area contributed by atoms with E-state index in [2.05, 4.69) is 23.8 Å². The molecule has 0 saturated heterocycles. The second-order valence-electron chi connectivity index (χ2n) is 4.08. The number of rotatable bonds is 6. The number of hydrogen-bond acceptors (Lipinski definition) is 5. The van der Waals surface area contributed by atoms with Crippen LogP contribution >= 0.6 is 0 Å². The predicted octanol–water partition coefficient (Wildman–Crippen LogP) is 0.408. The molecule has 1 aromatic carbocycles. The zero-order chi connectivity index (χ0) is 16.0. The molecule has 1 aromatic rings. The second-order valence-corrected chi connectivity index (χ2v) is 4.08. The fourth-order valence-electron chi connectivity index (χ4n) is 1.54. The minimum absolute atomic E-state index is 0.0765. The first-order chi connectivity index (χ1) is 9.90. The van der Waals surface area contributed by atoms with Crippen molar-refractivity contribution in [2.45, 2.75) is 13.1 Å². The van der Waals surface area contributed by atoms with Crippen molar-refractivity contribution in [3.63, 3.8) is 0 Å². The van der Waals surface area contributed by atoms with Gasteiger partial charge in [-0.1, -0.05) is 13.2 Å². The van der Waals surface area contributed by atoms with Crippen LogP contribution < -0.4 is 10.6 Å². The molecule has 0 unspecified atom stereocenters. The number of hydrogen-bond donors (Lipinski definition) is 5. The smallest absolute Gasteiger partial charge is 0.243 e. The summed E-state index contributed by atoms with van der Waals surface area (Å²) < 4.78 is 0. The van der Waals surface area contributed by atoms with Crippen molar-refractivity contribution < 1.29 is 24.9 Å². The number of benzene rings is 1. The lowest BCUT2D eigenvalue weighted by atomic mass is 10.1. The Balaban J connectivity index is 3.00. The highest BCUT2D eigenvalue weighted by Crippen LogP contribution is 2.40. The quantitative estimate of drug-likeness (QED) is 0.384. The standard InChI is InChI=1S/C14H16N2O5/c1-3-10(17)15-6-8-5-9(7-16-11(18)4-2)13(20)14(21)12(8)19/h3-5,19-21H,1-2,6-7H2,(H,15,17)(H,16,18). The Bertz CT molecular complexity index is 547. The Morgan fingerprint density at radius 2 is 1.29 bits per heavy atom. The van der Waals surface area contributed by atoms with Crippen LogP contribution in [0, 0.1) is 0 Å². The van der Waals surface area contributed by atoms with Crippen molar-refractivity contribution in [1.82, 2.24) is 10.6 Å². The molecule has 7 nitrogen and oxygen atoms in total. The highest BCUT2D eigenvalue weighted by molar-refractivity contribution is 5.87. The topological polar surface area (TPSA) is 119 Å². The second kappa shape index (κ2) is 6.99. The fraction of sp³-hybridized carbons (Fsp3) is 0.143. The van der Waals surface area contributed by atoms with Gasteiger partial charge in [0.2, 0.25) is 17.6 Å². The van der Waals surface area contributed by atoms with Crippen molar-refractivity contribution >= 4 is 11.8 Å². The summed E-state index contributed by atoms with van der Waals surface area (Å²) in [5, 5.41) is 33.9. The number of carbonyl (C=O) groups is 2. The van der Waals surface area contributed by atoms with Crippen LogP contribution in [0.15, 0.2) is 31.4 Å². The number of amides is 2. The van der Waals surface area contributed by atoms with Crippen molar-refractivity contribution in [3.05, 3.63) is 42.5 Å². The predicted molar refractivity (Wildman–Crippen MR) is 75.5 cm³/mol. The van der Waals surface area contributed by atoms with Crippen molar-refractivity contribution in [2.75, 3.05) is 0 Å². The average molecular weight is 292 g/mol. The monoisotopic (exact) mass is 292 g/mol. The number of carbonyl (C=O) groups excluding carboxylic acids is 2. The molecule has 1 rings (SSSR count). The summed E-state index contributed by atoms with van der Waals surface area (Å²) in [5.74, 6) is -2.72. The van der Waals surface area contributed by atoms with Gasteiger partial charge < -0.3 is 26.0 Å². The van der Waals surface area contributed by atoms with Gasteiger partial charge in [-0.3, -0.25) is 9.59 Å². The molecule has 0 radical (unpaired) electrons. The summed E-state index contributed by atoms with van der Waals surface area (Å²) >= 11 is 0. The van der Waals surface area contributed by atoms with Gasteiger partial charge in [0.15, 0.2) is 11.5 Å². The first kappa shape index (κ1) is 16.1. The first-order valence-corrected chi connectivity index (χ1v) is 5.96. The molecule has 21 heavy (non-hydrogen) atoms. The zero-order valence-electron chi connectivity index (χ0n) is 11.2. The van der Waals surface area contributed by atoms with E-state index in [4.69, 9.17) is 0 Å². The summed E-state index contributed by atoms with van der Waals surface area (Å²) in [4.78, 5) is 22.2. The van der Waals surface area contributed by atoms with E-state index in [1.165, 1.54) is 6.07 Å². The highest BCUT2D eigenvalue weighted by atomic mass is 16.3. The van der Waals surface area contributed by atoms with Crippen LogP contribution in [0.3, 0.4) is 0 Å². The van der Waals surface area contributed by atoms with Gasteiger partial charge in [-0.05, 0) is 18.2 Å². The van der Waals surface area contributed by atoms with E-state index in [1.807, 2.05) is 0 Å². The van der Waals surface area contributed by atoms with E-state index in [-0.39, 0.29) is 24.2 Å². The Kier molecular flexibility index (Phi) is 5.36. The summed E-state index contributed by atoms with van der Waals surface area (Å²) in [6.45, 7) is 6.41. The van der Waals surface area contributed by atoms with Gasteiger partial charge in [-0.2, -0.15) is 0 Å². The van der Waals surface area contributed by atoms with Crippen LogP contribution in [-0.2, 0) is 22.7 Å². The number of aromatic hydroxyl groups is 3.